The number of likely N-dealkylation sites (N-methyl/N-ethyl adjacent to an activating group) is 1. The molecule has 1 heterocycles. The fourth-order valence-electron chi connectivity index (χ4n) is 1.91. The van der Waals surface area contributed by atoms with Crippen molar-refractivity contribution in [3.8, 4) is 0 Å². The van der Waals surface area contributed by atoms with E-state index in [0.717, 1.165) is 10.5 Å². The Morgan fingerprint density at radius 3 is 2.63 bits per heavy atom. The van der Waals surface area contributed by atoms with E-state index >= 15 is 0 Å². The van der Waals surface area contributed by atoms with Gasteiger partial charge in [-0.25, -0.2) is 0 Å². The number of imide groups is 1. The summed E-state index contributed by atoms with van der Waals surface area (Å²) in [4.78, 5) is 36.2. The normalized spacial score (nSPS) is 18.9. The van der Waals surface area contributed by atoms with Gasteiger partial charge in [0.25, 0.3) is 11.8 Å². The van der Waals surface area contributed by atoms with Gasteiger partial charge in [-0.2, -0.15) is 0 Å². The van der Waals surface area contributed by atoms with Gasteiger partial charge in [0.05, 0.1) is 12.0 Å². The fourth-order valence-corrected chi connectivity index (χ4v) is 2.58. The third kappa shape index (κ3) is 2.68. The number of rotatable bonds is 2. The van der Waals surface area contributed by atoms with E-state index in [9.17, 15) is 14.4 Å². The van der Waals surface area contributed by atoms with Gasteiger partial charge in [-0.1, -0.05) is 6.07 Å². The summed E-state index contributed by atoms with van der Waals surface area (Å²) in [6.07, 6.45) is 0.0184. The number of halogens is 1. The third-order valence-electron chi connectivity index (χ3n) is 3.06. The van der Waals surface area contributed by atoms with Crippen LogP contribution < -0.4 is 5.32 Å². The van der Waals surface area contributed by atoms with E-state index in [1.54, 1.807) is 6.07 Å². The molecule has 1 aromatic rings. The molecule has 1 aromatic carbocycles. The van der Waals surface area contributed by atoms with Crippen molar-refractivity contribution in [2.75, 3.05) is 7.05 Å². The maximum Gasteiger partial charge on any atom is 0.253 e. The molecule has 2 rings (SSSR count). The second-order valence-corrected chi connectivity index (χ2v) is 5.36. The number of hydrogen-bond donors (Lipinski definition) is 1. The molecular weight excluding hydrogens is 312 g/mol. The lowest BCUT2D eigenvalue weighted by Gasteiger charge is -2.12. The second-order valence-electron chi connectivity index (χ2n) is 4.50. The van der Waals surface area contributed by atoms with E-state index in [0.29, 0.717) is 10.0 Å². The summed E-state index contributed by atoms with van der Waals surface area (Å²) in [6.45, 7) is 1.92. The van der Waals surface area contributed by atoms with E-state index < -0.39 is 6.04 Å². The molecule has 1 atom stereocenters. The topological polar surface area (TPSA) is 66.5 Å². The summed E-state index contributed by atoms with van der Waals surface area (Å²) < 4.78 is 0.662. The highest BCUT2D eigenvalue weighted by Gasteiger charge is 2.37. The number of benzene rings is 1. The van der Waals surface area contributed by atoms with Crippen molar-refractivity contribution in [2.24, 2.45) is 0 Å². The summed E-state index contributed by atoms with van der Waals surface area (Å²) >= 11 is 3.31. The summed E-state index contributed by atoms with van der Waals surface area (Å²) in [5.41, 5.74) is 1.47. The Kier molecular flexibility index (Phi) is 3.71. The van der Waals surface area contributed by atoms with E-state index in [1.165, 1.54) is 7.05 Å². The number of carbonyl (C=O) groups is 3. The van der Waals surface area contributed by atoms with E-state index in [-0.39, 0.29) is 24.1 Å². The zero-order valence-corrected chi connectivity index (χ0v) is 12.2. The summed E-state index contributed by atoms with van der Waals surface area (Å²) in [7, 11) is 1.42. The quantitative estimate of drug-likeness (QED) is 0.832. The number of likely N-dealkylation sites (tertiary alicyclic amines) is 1. The first-order chi connectivity index (χ1) is 8.90. The molecule has 19 heavy (non-hydrogen) atoms. The Bertz CT molecular complexity index is 571. The van der Waals surface area contributed by atoms with Gasteiger partial charge in [0.1, 0.15) is 6.04 Å². The Morgan fingerprint density at radius 2 is 2.11 bits per heavy atom. The highest BCUT2D eigenvalue weighted by atomic mass is 79.9. The summed E-state index contributed by atoms with van der Waals surface area (Å²) in [5, 5.41) is 2.59. The number of hydrogen-bond acceptors (Lipinski definition) is 3. The van der Waals surface area contributed by atoms with Gasteiger partial charge in [0.2, 0.25) is 5.91 Å². The Morgan fingerprint density at radius 1 is 1.42 bits per heavy atom. The minimum atomic E-state index is -0.766. The van der Waals surface area contributed by atoms with Crippen LogP contribution in [0.1, 0.15) is 22.3 Å². The standard InChI is InChI=1S/C13H13BrN2O3/c1-7-3-4-8(9(14)5-7)12(18)15-10-6-11(17)16(2)13(10)19/h3-5,10H,6H2,1-2H3,(H,15,18). The number of aryl methyl sites for hydroxylation is 1. The van der Waals surface area contributed by atoms with Crippen LogP contribution in [0.4, 0.5) is 0 Å². The minimum absolute atomic E-state index is 0.0184. The van der Waals surface area contributed by atoms with Crippen LogP contribution in [-0.2, 0) is 9.59 Å². The fraction of sp³-hybridized carbons (Fsp3) is 0.308. The number of nitrogens with zero attached hydrogens (tertiary/aromatic N) is 1. The van der Waals surface area contributed by atoms with Gasteiger partial charge >= 0.3 is 0 Å². The van der Waals surface area contributed by atoms with Crippen LogP contribution >= 0.6 is 15.9 Å². The molecule has 6 heteroatoms. The molecule has 1 N–H and O–H groups in total. The molecule has 1 aliphatic rings. The van der Waals surface area contributed by atoms with E-state index in [4.69, 9.17) is 0 Å². The van der Waals surface area contributed by atoms with Gasteiger partial charge in [0, 0.05) is 11.5 Å². The molecule has 0 aromatic heterocycles. The molecule has 0 spiro atoms. The SMILES string of the molecule is Cc1ccc(C(=O)NC2CC(=O)N(C)C2=O)c(Br)c1. The Hall–Kier alpha value is -1.69. The molecule has 100 valence electrons. The maximum absolute atomic E-state index is 12.1. The van der Waals surface area contributed by atoms with Gasteiger partial charge in [-0.15, -0.1) is 0 Å². The molecule has 1 unspecified atom stereocenters. The highest BCUT2D eigenvalue weighted by Crippen LogP contribution is 2.19. The first-order valence-corrected chi connectivity index (χ1v) is 6.57. The van der Waals surface area contributed by atoms with Crippen molar-refractivity contribution in [1.29, 1.82) is 0 Å². The van der Waals surface area contributed by atoms with Crippen molar-refractivity contribution in [3.63, 3.8) is 0 Å². The zero-order chi connectivity index (χ0) is 14.2. The molecule has 0 aliphatic carbocycles. The monoisotopic (exact) mass is 324 g/mol. The largest absolute Gasteiger partial charge is 0.340 e. The smallest absolute Gasteiger partial charge is 0.253 e. The van der Waals surface area contributed by atoms with Crippen LogP contribution in [0.25, 0.3) is 0 Å². The second kappa shape index (κ2) is 5.13. The maximum atomic E-state index is 12.1. The minimum Gasteiger partial charge on any atom is -0.340 e. The van der Waals surface area contributed by atoms with Crippen molar-refractivity contribution < 1.29 is 14.4 Å². The molecule has 1 aliphatic heterocycles. The van der Waals surface area contributed by atoms with Crippen molar-refractivity contribution in [1.82, 2.24) is 10.2 Å². The molecule has 1 fully saturated rings. The number of nitrogens with one attached hydrogen (secondary N) is 1. The molecule has 1 saturated heterocycles. The van der Waals surface area contributed by atoms with Crippen LogP contribution in [0.3, 0.4) is 0 Å². The van der Waals surface area contributed by atoms with Gasteiger partial charge in [-0.3, -0.25) is 19.3 Å². The Labute approximate surface area is 119 Å². The lowest BCUT2D eigenvalue weighted by atomic mass is 10.1. The number of carbonyl (C=O) groups excluding carboxylic acids is 3. The van der Waals surface area contributed by atoms with Crippen LogP contribution in [0.5, 0.6) is 0 Å². The van der Waals surface area contributed by atoms with Crippen molar-refractivity contribution in [3.05, 3.63) is 33.8 Å². The molecule has 0 radical (unpaired) electrons. The molecule has 0 saturated carbocycles. The summed E-state index contributed by atoms with van der Waals surface area (Å²) in [6, 6.07) is 4.55. The van der Waals surface area contributed by atoms with Crippen LogP contribution in [0.2, 0.25) is 0 Å². The lowest BCUT2D eigenvalue weighted by molar-refractivity contribution is -0.137. The van der Waals surface area contributed by atoms with Gasteiger partial charge < -0.3 is 5.32 Å². The van der Waals surface area contributed by atoms with E-state index in [1.807, 2.05) is 19.1 Å². The lowest BCUT2D eigenvalue weighted by Crippen LogP contribution is -2.40. The molecule has 0 bridgehead atoms. The van der Waals surface area contributed by atoms with Crippen LogP contribution in [0.15, 0.2) is 22.7 Å². The van der Waals surface area contributed by atoms with Crippen molar-refractivity contribution in [2.45, 2.75) is 19.4 Å². The predicted octanol–water partition coefficient (Wildman–Crippen LogP) is 1.24. The molecular formula is C13H13BrN2O3. The van der Waals surface area contributed by atoms with Crippen LogP contribution in [-0.4, -0.2) is 35.7 Å². The highest BCUT2D eigenvalue weighted by molar-refractivity contribution is 9.10. The van der Waals surface area contributed by atoms with Gasteiger partial charge in [-0.05, 0) is 40.5 Å². The molecule has 5 nitrogen and oxygen atoms in total. The Balaban J connectivity index is 2.14. The summed E-state index contributed by atoms with van der Waals surface area (Å²) in [5.74, 6) is -1.02. The van der Waals surface area contributed by atoms with E-state index in [2.05, 4.69) is 21.2 Å². The molecule has 3 amide bonds. The van der Waals surface area contributed by atoms with Crippen molar-refractivity contribution >= 4 is 33.7 Å². The predicted molar refractivity (Wildman–Crippen MR) is 72.5 cm³/mol. The van der Waals surface area contributed by atoms with Gasteiger partial charge in [0.15, 0.2) is 0 Å². The number of amides is 3. The first-order valence-electron chi connectivity index (χ1n) is 5.77. The average molecular weight is 325 g/mol. The average Bonchev–Trinajstić information content (AvgIpc) is 2.57. The first kappa shape index (κ1) is 13.7. The third-order valence-corrected chi connectivity index (χ3v) is 3.71. The zero-order valence-electron chi connectivity index (χ0n) is 10.6. The van der Waals surface area contributed by atoms with Crippen LogP contribution in [0, 0.1) is 6.92 Å².